The van der Waals surface area contributed by atoms with Crippen LogP contribution in [0.25, 0.3) is 0 Å². The Morgan fingerprint density at radius 2 is 2.27 bits per heavy atom. The van der Waals surface area contributed by atoms with E-state index in [0.717, 1.165) is 4.57 Å². The monoisotopic (exact) mass is 153 g/mol. The summed E-state index contributed by atoms with van der Waals surface area (Å²) in [4.78, 5) is 21.1. The van der Waals surface area contributed by atoms with Crippen LogP contribution in [-0.2, 0) is 0 Å². The van der Waals surface area contributed by atoms with Gasteiger partial charge in [-0.2, -0.15) is 0 Å². The Morgan fingerprint density at radius 1 is 1.64 bits per heavy atom. The molecule has 1 heterocycles. The van der Waals surface area contributed by atoms with Gasteiger partial charge >= 0.3 is 6.09 Å². The molecule has 0 spiro atoms. The molecule has 1 aromatic rings. The highest BCUT2D eigenvalue weighted by Gasteiger charge is 2.00. The van der Waals surface area contributed by atoms with Crippen molar-refractivity contribution in [1.29, 1.82) is 0 Å². The number of carboxylic acid groups (broad SMARTS) is 1. The van der Waals surface area contributed by atoms with Gasteiger partial charge in [-0.15, -0.1) is 0 Å². The van der Waals surface area contributed by atoms with Gasteiger partial charge in [-0.25, -0.2) is 4.79 Å². The molecular formula is C7H7NO3. The standard InChI is InChI=1S/C7H7NO3/c1-5-4-6(9)2-3-8(5)7(10)11/h2-4H,1H3,(H,10,11). The second-order valence-corrected chi connectivity index (χ2v) is 2.16. The van der Waals surface area contributed by atoms with Crippen molar-refractivity contribution in [3.8, 4) is 0 Å². The van der Waals surface area contributed by atoms with E-state index >= 15 is 0 Å². The second kappa shape index (κ2) is 2.57. The van der Waals surface area contributed by atoms with Crippen LogP contribution in [0.4, 0.5) is 4.79 Å². The van der Waals surface area contributed by atoms with Crippen molar-refractivity contribution in [3.05, 3.63) is 34.2 Å². The van der Waals surface area contributed by atoms with Gasteiger partial charge in [-0.05, 0) is 6.92 Å². The Hall–Kier alpha value is -1.58. The predicted molar refractivity (Wildman–Crippen MR) is 38.9 cm³/mol. The summed E-state index contributed by atoms with van der Waals surface area (Å²) in [6.45, 7) is 1.56. The molecular weight excluding hydrogens is 146 g/mol. The first kappa shape index (κ1) is 7.53. The Balaban J connectivity index is 3.31. The fourth-order valence-electron chi connectivity index (χ4n) is 0.804. The highest BCUT2D eigenvalue weighted by Crippen LogP contribution is 1.92. The van der Waals surface area contributed by atoms with E-state index in [4.69, 9.17) is 5.11 Å². The van der Waals surface area contributed by atoms with Gasteiger partial charge in [0.25, 0.3) is 0 Å². The van der Waals surface area contributed by atoms with Crippen LogP contribution < -0.4 is 5.43 Å². The largest absolute Gasteiger partial charge is 0.464 e. The average Bonchev–Trinajstić information content (AvgIpc) is 1.85. The van der Waals surface area contributed by atoms with Gasteiger partial charge < -0.3 is 5.11 Å². The first-order chi connectivity index (χ1) is 5.11. The number of rotatable bonds is 0. The van der Waals surface area contributed by atoms with Crippen LogP contribution in [-0.4, -0.2) is 15.8 Å². The van der Waals surface area contributed by atoms with E-state index < -0.39 is 6.09 Å². The molecule has 11 heavy (non-hydrogen) atoms. The maximum Gasteiger partial charge on any atom is 0.415 e. The van der Waals surface area contributed by atoms with Crippen molar-refractivity contribution in [1.82, 2.24) is 4.57 Å². The maximum atomic E-state index is 10.7. The number of aromatic nitrogens is 1. The summed E-state index contributed by atoms with van der Waals surface area (Å²) < 4.78 is 0.987. The normalized spacial score (nSPS) is 9.55. The Kier molecular flexibility index (Phi) is 1.76. The molecule has 58 valence electrons. The number of hydrogen-bond donors (Lipinski definition) is 1. The summed E-state index contributed by atoms with van der Waals surface area (Å²) in [6, 6.07) is 2.48. The minimum atomic E-state index is -1.08. The van der Waals surface area contributed by atoms with Crippen LogP contribution in [0.15, 0.2) is 23.1 Å². The number of aryl methyl sites for hydroxylation is 1. The molecule has 0 atom stereocenters. The molecule has 0 aliphatic carbocycles. The molecule has 0 amide bonds. The van der Waals surface area contributed by atoms with Gasteiger partial charge in [0.15, 0.2) is 5.43 Å². The zero-order chi connectivity index (χ0) is 8.43. The highest BCUT2D eigenvalue weighted by molar-refractivity contribution is 5.68. The van der Waals surface area contributed by atoms with Gasteiger partial charge in [0.2, 0.25) is 0 Å². The van der Waals surface area contributed by atoms with Crippen molar-refractivity contribution in [2.24, 2.45) is 0 Å². The van der Waals surface area contributed by atoms with E-state index in [1.54, 1.807) is 6.92 Å². The maximum absolute atomic E-state index is 10.7. The number of hydrogen-bond acceptors (Lipinski definition) is 2. The SMILES string of the molecule is Cc1cc(=O)ccn1C(=O)O. The molecule has 4 nitrogen and oxygen atoms in total. The van der Waals surface area contributed by atoms with E-state index in [2.05, 4.69) is 0 Å². The molecule has 0 radical (unpaired) electrons. The zero-order valence-corrected chi connectivity index (χ0v) is 5.94. The van der Waals surface area contributed by atoms with Crippen LogP contribution in [0, 0.1) is 6.92 Å². The lowest BCUT2D eigenvalue weighted by molar-refractivity contribution is 0.195. The molecule has 0 aliphatic rings. The molecule has 4 heteroatoms. The molecule has 0 aliphatic heterocycles. The van der Waals surface area contributed by atoms with E-state index in [1.165, 1.54) is 18.3 Å². The van der Waals surface area contributed by atoms with Crippen molar-refractivity contribution in [3.63, 3.8) is 0 Å². The summed E-state index contributed by atoms with van der Waals surface area (Å²) in [7, 11) is 0. The van der Waals surface area contributed by atoms with Crippen LogP contribution >= 0.6 is 0 Å². The van der Waals surface area contributed by atoms with Gasteiger partial charge in [-0.3, -0.25) is 9.36 Å². The third-order valence-corrected chi connectivity index (χ3v) is 1.33. The van der Waals surface area contributed by atoms with Crippen LogP contribution in [0.5, 0.6) is 0 Å². The van der Waals surface area contributed by atoms with Crippen molar-refractivity contribution in [2.75, 3.05) is 0 Å². The summed E-state index contributed by atoms with van der Waals surface area (Å²) in [5.41, 5.74) is 0.241. The molecule has 0 fully saturated rings. The summed E-state index contributed by atoms with van der Waals surface area (Å²) in [5, 5.41) is 8.52. The molecule has 0 saturated heterocycles. The zero-order valence-electron chi connectivity index (χ0n) is 5.94. The molecule has 1 N–H and O–H groups in total. The van der Waals surface area contributed by atoms with Crippen LogP contribution in [0.3, 0.4) is 0 Å². The Bertz CT molecular complexity index is 340. The molecule has 0 bridgehead atoms. The quantitative estimate of drug-likeness (QED) is 0.596. The minimum Gasteiger partial charge on any atom is -0.464 e. The molecule has 1 rings (SSSR count). The van der Waals surface area contributed by atoms with Gasteiger partial charge in [0.1, 0.15) is 0 Å². The third kappa shape index (κ3) is 1.46. The smallest absolute Gasteiger partial charge is 0.415 e. The minimum absolute atomic E-state index is 0.181. The number of carbonyl (C=O) groups is 1. The van der Waals surface area contributed by atoms with E-state index in [9.17, 15) is 9.59 Å². The van der Waals surface area contributed by atoms with Crippen LogP contribution in [0.1, 0.15) is 5.69 Å². The summed E-state index contributed by atoms with van der Waals surface area (Å²) in [6.07, 6.45) is 0.155. The Morgan fingerprint density at radius 3 is 2.73 bits per heavy atom. The summed E-state index contributed by atoms with van der Waals surface area (Å²) in [5.74, 6) is 0. The van der Waals surface area contributed by atoms with Gasteiger partial charge in [-0.1, -0.05) is 0 Å². The van der Waals surface area contributed by atoms with Crippen LogP contribution in [0.2, 0.25) is 0 Å². The first-order valence-electron chi connectivity index (χ1n) is 3.04. The van der Waals surface area contributed by atoms with Gasteiger partial charge in [0, 0.05) is 24.0 Å². The van der Waals surface area contributed by atoms with Crippen molar-refractivity contribution < 1.29 is 9.90 Å². The van der Waals surface area contributed by atoms with Crippen molar-refractivity contribution in [2.45, 2.75) is 6.92 Å². The third-order valence-electron chi connectivity index (χ3n) is 1.33. The van der Waals surface area contributed by atoms with Gasteiger partial charge in [0.05, 0.1) is 0 Å². The second-order valence-electron chi connectivity index (χ2n) is 2.16. The topological polar surface area (TPSA) is 59.3 Å². The Labute approximate surface area is 62.7 Å². The van der Waals surface area contributed by atoms with E-state index in [1.807, 2.05) is 0 Å². The lowest BCUT2D eigenvalue weighted by Crippen LogP contribution is -2.14. The fourth-order valence-corrected chi connectivity index (χ4v) is 0.804. The lowest BCUT2D eigenvalue weighted by Gasteiger charge is -2.01. The average molecular weight is 153 g/mol. The number of nitrogens with zero attached hydrogens (tertiary/aromatic N) is 1. The van der Waals surface area contributed by atoms with E-state index in [-0.39, 0.29) is 5.43 Å². The predicted octanol–water partition coefficient (Wildman–Crippen LogP) is 0.683. The van der Waals surface area contributed by atoms with Crippen molar-refractivity contribution >= 4 is 6.09 Å². The fraction of sp³-hybridized carbons (Fsp3) is 0.143. The van der Waals surface area contributed by atoms with E-state index in [0.29, 0.717) is 5.69 Å². The first-order valence-corrected chi connectivity index (χ1v) is 3.04. The molecule has 0 saturated carbocycles. The summed E-state index contributed by atoms with van der Waals surface area (Å²) >= 11 is 0. The molecule has 1 aromatic heterocycles. The highest BCUT2D eigenvalue weighted by atomic mass is 16.4. The lowest BCUT2D eigenvalue weighted by atomic mass is 10.3. The molecule has 0 aromatic carbocycles. The number of pyridine rings is 1. The molecule has 0 unspecified atom stereocenters.